The van der Waals surface area contributed by atoms with Crippen molar-refractivity contribution in [3.05, 3.63) is 18.0 Å². The van der Waals surface area contributed by atoms with E-state index in [1.807, 2.05) is 12.4 Å². The number of anilines is 1. The molecule has 0 spiro atoms. The quantitative estimate of drug-likeness (QED) is 0.681. The summed E-state index contributed by atoms with van der Waals surface area (Å²) in [7, 11) is 0. The van der Waals surface area contributed by atoms with Crippen molar-refractivity contribution in [3.63, 3.8) is 0 Å². The lowest BCUT2D eigenvalue weighted by Gasteiger charge is -2.07. The molecule has 0 radical (unpaired) electrons. The second-order valence-electron chi connectivity index (χ2n) is 4.70. The molecule has 0 aliphatic carbocycles. The first-order valence-corrected chi connectivity index (χ1v) is 6.48. The van der Waals surface area contributed by atoms with E-state index in [-0.39, 0.29) is 0 Å². The highest BCUT2D eigenvalue weighted by atomic mass is 15.1. The number of hydrogen-bond donors (Lipinski definition) is 2. The van der Waals surface area contributed by atoms with Gasteiger partial charge in [-0.3, -0.25) is 0 Å². The summed E-state index contributed by atoms with van der Waals surface area (Å²) in [5.41, 5.74) is 1.14. The van der Waals surface area contributed by atoms with Crippen LogP contribution in [0.1, 0.15) is 39.2 Å². The zero-order valence-electron chi connectivity index (χ0n) is 11.2. The average Bonchev–Trinajstić information content (AvgIpc) is 2.33. The fourth-order valence-corrected chi connectivity index (χ4v) is 1.40. The van der Waals surface area contributed by atoms with E-state index in [0.717, 1.165) is 43.5 Å². The molecular formula is C13H24N4. The SMILES string of the molecule is CCCNc1ncc(CNCCC(C)C)cn1. The number of hydrogen-bond acceptors (Lipinski definition) is 4. The fraction of sp³-hybridized carbons (Fsp3) is 0.692. The van der Waals surface area contributed by atoms with Crippen molar-refractivity contribution in [2.75, 3.05) is 18.4 Å². The van der Waals surface area contributed by atoms with Gasteiger partial charge in [-0.15, -0.1) is 0 Å². The molecule has 96 valence electrons. The largest absolute Gasteiger partial charge is 0.354 e. The number of aromatic nitrogens is 2. The number of rotatable bonds is 8. The van der Waals surface area contributed by atoms with Crippen LogP contribution < -0.4 is 10.6 Å². The molecule has 17 heavy (non-hydrogen) atoms. The van der Waals surface area contributed by atoms with Crippen LogP contribution in [0.4, 0.5) is 5.95 Å². The second-order valence-corrected chi connectivity index (χ2v) is 4.70. The van der Waals surface area contributed by atoms with E-state index >= 15 is 0 Å². The van der Waals surface area contributed by atoms with Gasteiger partial charge in [0, 0.05) is 31.0 Å². The molecule has 1 aromatic heterocycles. The van der Waals surface area contributed by atoms with Gasteiger partial charge in [0.2, 0.25) is 5.95 Å². The van der Waals surface area contributed by atoms with E-state index in [1.54, 1.807) is 0 Å². The molecule has 1 heterocycles. The minimum Gasteiger partial charge on any atom is -0.354 e. The second kappa shape index (κ2) is 8.01. The molecule has 0 atom stereocenters. The van der Waals surface area contributed by atoms with Gasteiger partial charge in [-0.2, -0.15) is 0 Å². The summed E-state index contributed by atoms with van der Waals surface area (Å²) in [6, 6.07) is 0. The van der Waals surface area contributed by atoms with Gasteiger partial charge in [0.15, 0.2) is 0 Å². The Hall–Kier alpha value is -1.16. The Labute approximate surface area is 104 Å². The number of nitrogens with one attached hydrogen (secondary N) is 2. The Morgan fingerprint density at radius 1 is 1.18 bits per heavy atom. The lowest BCUT2D eigenvalue weighted by atomic mass is 10.1. The maximum atomic E-state index is 4.27. The van der Waals surface area contributed by atoms with Crippen molar-refractivity contribution in [3.8, 4) is 0 Å². The van der Waals surface area contributed by atoms with E-state index < -0.39 is 0 Å². The topological polar surface area (TPSA) is 49.8 Å². The van der Waals surface area contributed by atoms with Crippen LogP contribution >= 0.6 is 0 Å². The van der Waals surface area contributed by atoms with Crippen LogP contribution in [-0.2, 0) is 6.54 Å². The van der Waals surface area contributed by atoms with Gasteiger partial charge in [-0.25, -0.2) is 9.97 Å². The Kier molecular flexibility index (Phi) is 6.55. The molecule has 0 aromatic carbocycles. The Bertz CT molecular complexity index is 295. The molecular weight excluding hydrogens is 212 g/mol. The maximum absolute atomic E-state index is 4.27. The minimum atomic E-state index is 0.720. The highest BCUT2D eigenvalue weighted by molar-refractivity contribution is 5.24. The third-order valence-electron chi connectivity index (χ3n) is 2.47. The molecule has 0 aliphatic rings. The highest BCUT2D eigenvalue weighted by Gasteiger charge is 1.97. The predicted molar refractivity (Wildman–Crippen MR) is 72.0 cm³/mol. The van der Waals surface area contributed by atoms with Crippen molar-refractivity contribution >= 4 is 5.95 Å². The van der Waals surface area contributed by atoms with Gasteiger partial charge in [0.25, 0.3) is 0 Å². The van der Waals surface area contributed by atoms with Crippen molar-refractivity contribution < 1.29 is 0 Å². The van der Waals surface area contributed by atoms with Crippen LogP contribution in [0.2, 0.25) is 0 Å². The van der Waals surface area contributed by atoms with Crippen molar-refractivity contribution in [2.24, 2.45) is 5.92 Å². The monoisotopic (exact) mass is 236 g/mol. The summed E-state index contributed by atoms with van der Waals surface area (Å²) in [5.74, 6) is 1.47. The number of nitrogens with zero attached hydrogens (tertiary/aromatic N) is 2. The van der Waals surface area contributed by atoms with Crippen LogP contribution in [0.25, 0.3) is 0 Å². The van der Waals surface area contributed by atoms with E-state index in [9.17, 15) is 0 Å². The normalized spacial score (nSPS) is 10.8. The molecule has 0 unspecified atom stereocenters. The minimum absolute atomic E-state index is 0.720. The van der Waals surface area contributed by atoms with E-state index in [1.165, 1.54) is 6.42 Å². The standard InChI is InChI=1S/C13H24N4/c1-4-6-15-13-16-9-12(10-17-13)8-14-7-5-11(2)3/h9-11,14H,4-8H2,1-3H3,(H,15,16,17). The molecule has 0 bridgehead atoms. The highest BCUT2D eigenvalue weighted by Crippen LogP contribution is 2.01. The van der Waals surface area contributed by atoms with Crippen LogP contribution in [0.15, 0.2) is 12.4 Å². The van der Waals surface area contributed by atoms with E-state index in [4.69, 9.17) is 0 Å². The van der Waals surface area contributed by atoms with Gasteiger partial charge in [0.05, 0.1) is 0 Å². The Morgan fingerprint density at radius 3 is 2.47 bits per heavy atom. The first-order valence-electron chi connectivity index (χ1n) is 6.48. The Morgan fingerprint density at radius 2 is 1.88 bits per heavy atom. The summed E-state index contributed by atoms with van der Waals surface area (Å²) < 4.78 is 0. The molecule has 4 heteroatoms. The van der Waals surface area contributed by atoms with Crippen molar-refractivity contribution in [1.82, 2.24) is 15.3 Å². The molecule has 2 N–H and O–H groups in total. The summed E-state index contributed by atoms with van der Waals surface area (Å²) in [5, 5.41) is 6.56. The van der Waals surface area contributed by atoms with Crippen LogP contribution in [-0.4, -0.2) is 23.1 Å². The van der Waals surface area contributed by atoms with Crippen LogP contribution in [0.3, 0.4) is 0 Å². The van der Waals surface area contributed by atoms with Crippen LogP contribution in [0, 0.1) is 5.92 Å². The maximum Gasteiger partial charge on any atom is 0.222 e. The van der Waals surface area contributed by atoms with E-state index in [2.05, 4.69) is 41.4 Å². The summed E-state index contributed by atoms with van der Waals surface area (Å²) >= 11 is 0. The lowest BCUT2D eigenvalue weighted by Crippen LogP contribution is -2.16. The molecule has 4 nitrogen and oxygen atoms in total. The van der Waals surface area contributed by atoms with Gasteiger partial charge >= 0.3 is 0 Å². The molecule has 0 saturated carbocycles. The third kappa shape index (κ3) is 6.22. The molecule has 0 fully saturated rings. The van der Waals surface area contributed by atoms with Gasteiger partial charge in [0.1, 0.15) is 0 Å². The predicted octanol–water partition coefficient (Wildman–Crippen LogP) is 2.43. The van der Waals surface area contributed by atoms with Gasteiger partial charge in [-0.1, -0.05) is 20.8 Å². The summed E-state index contributed by atoms with van der Waals surface area (Å²) in [4.78, 5) is 8.54. The van der Waals surface area contributed by atoms with E-state index in [0.29, 0.717) is 0 Å². The Balaban J connectivity index is 2.25. The average molecular weight is 236 g/mol. The van der Waals surface area contributed by atoms with Crippen molar-refractivity contribution in [1.29, 1.82) is 0 Å². The lowest BCUT2D eigenvalue weighted by molar-refractivity contribution is 0.537. The molecule has 0 saturated heterocycles. The molecule has 0 amide bonds. The fourth-order valence-electron chi connectivity index (χ4n) is 1.40. The van der Waals surface area contributed by atoms with Crippen molar-refractivity contribution in [2.45, 2.75) is 40.2 Å². The summed E-state index contributed by atoms with van der Waals surface area (Å²) in [6.45, 7) is 9.41. The third-order valence-corrected chi connectivity index (χ3v) is 2.47. The first-order chi connectivity index (χ1) is 8.22. The molecule has 1 rings (SSSR count). The van der Waals surface area contributed by atoms with Gasteiger partial charge in [-0.05, 0) is 25.3 Å². The van der Waals surface area contributed by atoms with Gasteiger partial charge < -0.3 is 10.6 Å². The molecule has 0 aliphatic heterocycles. The molecule has 1 aromatic rings. The van der Waals surface area contributed by atoms with Crippen LogP contribution in [0.5, 0.6) is 0 Å². The summed E-state index contributed by atoms with van der Waals surface area (Å²) in [6.07, 6.45) is 6.06. The first kappa shape index (κ1) is 13.9. The smallest absolute Gasteiger partial charge is 0.222 e. The zero-order chi connectivity index (χ0) is 12.5. The zero-order valence-corrected chi connectivity index (χ0v) is 11.2.